The first kappa shape index (κ1) is 18.0. The van der Waals surface area contributed by atoms with Crippen LogP contribution in [0.15, 0.2) is 36.4 Å². The maximum absolute atomic E-state index is 12.6. The van der Waals surface area contributed by atoms with Gasteiger partial charge in [0.25, 0.3) is 5.91 Å². The van der Waals surface area contributed by atoms with Crippen LogP contribution in [0.3, 0.4) is 0 Å². The molecule has 1 unspecified atom stereocenters. The maximum atomic E-state index is 12.6. The van der Waals surface area contributed by atoms with Gasteiger partial charge in [0.15, 0.2) is 11.5 Å². The fourth-order valence-corrected chi connectivity index (χ4v) is 3.76. The van der Waals surface area contributed by atoms with Gasteiger partial charge in [0.1, 0.15) is 0 Å². The molecule has 0 aromatic heterocycles. The minimum absolute atomic E-state index is 0.227. The summed E-state index contributed by atoms with van der Waals surface area (Å²) < 4.78 is 11.3. The van der Waals surface area contributed by atoms with Crippen LogP contribution in [0.1, 0.15) is 30.1 Å². The van der Waals surface area contributed by atoms with E-state index in [1.165, 1.54) is 12.1 Å². The summed E-state index contributed by atoms with van der Waals surface area (Å²) in [6.07, 6.45) is 2.01. The van der Waals surface area contributed by atoms with Gasteiger partial charge in [-0.1, -0.05) is 18.5 Å². The molecule has 2 aromatic rings. The van der Waals surface area contributed by atoms with Crippen LogP contribution in [0.2, 0.25) is 5.02 Å². The van der Waals surface area contributed by atoms with Crippen molar-refractivity contribution in [2.45, 2.75) is 19.8 Å². The molecular weight excluding hydrogens is 364 g/mol. The molecule has 27 heavy (non-hydrogen) atoms. The van der Waals surface area contributed by atoms with Crippen LogP contribution >= 0.6 is 11.6 Å². The van der Waals surface area contributed by atoms with Crippen LogP contribution < -0.4 is 19.7 Å². The third-order valence-corrected chi connectivity index (χ3v) is 5.26. The molecule has 1 N–H and O–H groups in total. The van der Waals surface area contributed by atoms with Crippen molar-refractivity contribution in [1.29, 1.82) is 0 Å². The molecule has 0 aliphatic carbocycles. The molecule has 1 fully saturated rings. The van der Waals surface area contributed by atoms with Gasteiger partial charge in [0.05, 0.1) is 18.2 Å². The zero-order valence-electron chi connectivity index (χ0n) is 15.3. The lowest BCUT2D eigenvalue weighted by molar-refractivity contribution is 0.102. The average Bonchev–Trinajstić information content (AvgIpc) is 2.95. The predicted molar refractivity (Wildman–Crippen MR) is 107 cm³/mol. The number of nitrogens with one attached hydrogen (secondary N) is 1. The zero-order valence-corrected chi connectivity index (χ0v) is 16.1. The number of nitrogens with zero attached hydrogens (tertiary/aromatic N) is 1. The van der Waals surface area contributed by atoms with Crippen LogP contribution in [0.4, 0.5) is 11.4 Å². The number of carbonyl (C=O) groups excluding carboxylic acids is 1. The third kappa shape index (κ3) is 3.98. The van der Waals surface area contributed by atoms with Gasteiger partial charge < -0.3 is 19.7 Å². The van der Waals surface area contributed by atoms with Gasteiger partial charge in [-0.2, -0.15) is 0 Å². The van der Waals surface area contributed by atoms with Crippen LogP contribution in [0, 0.1) is 5.92 Å². The van der Waals surface area contributed by atoms with Crippen LogP contribution in [0.25, 0.3) is 0 Å². The monoisotopic (exact) mass is 386 g/mol. The molecule has 0 bridgehead atoms. The summed E-state index contributed by atoms with van der Waals surface area (Å²) in [4.78, 5) is 15.0. The van der Waals surface area contributed by atoms with Gasteiger partial charge in [-0.3, -0.25) is 4.79 Å². The van der Waals surface area contributed by atoms with Crippen molar-refractivity contribution in [3.05, 3.63) is 47.0 Å². The highest BCUT2D eigenvalue weighted by Gasteiger charge is 2.20. The second-order valence-corrected chi connectivity index (χ2v) is 7.58. The van der Waals surface area contributed by atoms with E-state index >= 15 is 0 Å². The largest absolute Gasteiger partial charge is 0.489 e. The number of ether oxygens (including phenoxy) is 2. The van der Waals surface area contributed by atoms with E-state index in [1.807, 2.05) is 12.1 Å². The van der Waals surface area contributed by atoms with E-state index in [2.05, 4.69) is 29.3 Å². The normalized spacial score (nSPS) is 18.9. The molecule has 1 saturated heterocycles. The van der Waals surface area contributed by atoms with Gasteiger partial charge in [0.2, 0.25) is 0 Å². The van der Waals surface area contributed by atoms with Crippen molar-refractivity contribution >= 4 is 28.9 Å². The summed E-state index contributed by atoms with van der Waals surface area (Å²) in [5.41, 5.74) is 2.39. The molecule has 0 radical (unpaired) electrons. The Hall–Kier alpha value is -2.40. The number of hydrogen-bond acceptors (Lipinski definition) is 4. The first-order chi connectivity index (χ1) is 13.1. The number of rotatable bonds is 3. The van der Waals surface area contributed by atoms with Crippen molar-refractivity contribution < 1.29 is 14.3 Å². The Morgan fingerprint density at radius 3 is 2.70 bits per heavy atom. The van der Waals surface area contributed by atoms with Gasteiger partial charge >= 0.3 is 0 Å². The van der Waals surface area contributed by atoms with Crippen LogP contribution in [-0.4, -0.2) is 32.2 Å². The molecule has 142 valence electrons. The summed E-state index contributed by atoms with van der Waals surface area (Å²) in [6, 6.07) is 11.3. The molecule has 0 saturated carbocycles. The lowest BCUT2D eigenvalue weighted by Gasteiger charge is -2.18. The molecule has 1 atom stereocenters. The summed E-state index contributed by atoms with van der Waals surface area (Å²) in [5.74, 6) is 1.53. The third-order valence-electron chi connectivity index (χ3n) is 4.98. The second-order valence-electron chi connectivity index (χ2n) is 7.18. The van der Waals surface area contributed by atoms with Gasteiger partial charge in [-0.15, -0.1) is 0 Å². The summed E-state index contributed by atoms with van der Waals surface area (Å²) in [7, 11) is 0. The highest BCUT2D eigenvalue weighted by Crippen LogP contribution is 2.38. The molecule has 6 heteroatoms. The first-order valence-corrected chi connectivity index (χ1v) is 9.73. The van der Waals surface area contributed by atoms with E-state index in [4.69, 9.17) is 21.1 Å². The number of benzene rings is 2. The number of carbonyl (C=O) groups is 1. The second kappa shape index (κ2) is 7.69. The number of halogens is 1. The topological polar surface area (TPSA) is 50.8 Å². The van der Waals surface area contributed by atoms with E-state index < -0.39 is 0 Å². The molecular formula is C21H23ClN2O3. The standard InChI is InChI=1S/C21H23ClN2O3/c1-14-7-8-24(13-14)17-5-3-16(4-6-17)23-21(25)15-11-18(22)20-19(12-15)26-9-2-10-27-20/h3-6,11-12,14H,2,7-10,13H2,1H3,(H,23,25). The summed E-state index contributed by atoms with van der Waals surface area (Å²) in [5, 5.41) is 3.31. The van der Waals surface area contributed by atoms with E-state index in [0.29, 0.717) is 35.3 Å². The fraction of sp³-hybridized carbons (Fsp3) is 0.381. The molecule has 5 nitrogen and oxygen atoms in total. The Kier molecular flexibility index (Phi) is 5.12. The first-order valence-electron chi connectivity index (χ1n) is 9.35. The summed E-state index contributed by atoms with van der Waals surface area (Å²) >= 11 is 6.28. The van der Waals surface area contributed by atoms with Gasteiger partial charge in [-0.25, -0.2) is 0 Å². The molecule has 2 aliphatic heterocycles. The average molecular weight is 387 g/mol. The lowest BCUT2D eigenvalue weighted by atomic mass is 10.1. The molecule has 2 heterocycles. The van der Waals surface area contributed by atoms with Crippen molar-refractivity contribution in [2.75, 3.05) is 36.5 Å². The lowest BCUT2D eigenvalue weighted by Crippen LogP contribution is -2.19. The number of amides is 1. The quantitative estimate of drug-likeness (QED) is 0.837. The van der Waals surface area contributed by atoms with Gasteiger partial charge in [-0.05, 0) is 48.7 Å². The van der Waals surface area contributed by atoms with E-state index in [9.17, 15) is 4.79 Å². The number of anilines is 2. The van der Waals surface area contributed by atoms with Crippen molar-refractivity contribution in [3.8, 4) is 11.5 Å². The highest BCUT2D eigenvalue weighted by molar-refractivity contribution is 6.32. The minimum atomic E-state index is -0.227. The van der Waals surface area contributed by atoms with E-state index in [-0.39, 0.29) is 5.91 Å². The molecule has 1 amide bonds. The molecule has 2 aromatic carbocycles. The zero-order chi connectivity index (χ0) is 18.8. The predicted octanol–water partition coefficient (Wildman–Crippen LogP) is 4.60. The smallest absolute Gasteiger partial charge is 0.255 e. The van der Waals surface area contributed by atoms with Crippen LogP contribution in [0.5, 0.6) is 11.5 Å². The Balaban J connectivity index is 1.47. The number of hydrogen-bond donors (Lipinski definition) is 1. The maximum Gasteiger partial charge on any atom is 0.255 e. The Bertz CT molecular complexity index is 838. The molecule has 2 aliphatic rings. The SMILES string of the molecule is CC1CCN(c2ccc(NC(=O)c3cc(Cl)c4c(c3)OCCCO4)cc2)C1. The Morgan fingerprint density at radius 2 is 1.96 bits per heavy atom. The molecule has 4 rings (SSSR count). The molecule has 0 spiro atoms. The summed E-state index contributed by atoms with van der Waals surface area (Å²) in [6.45, 7) is 5.55. The number of fused-ring (bicyclic) bond motifs is 1. The Labute approximate surface area is 164 Å². The Morgan fingerprint density at radius 1 is 1.19 bits per heavy atom. The van der Waals surface area contributed by atoms with Crippen molar-refractivity contribution in [1.82, 2.24) is 0 Å². The van der Waals surface area contributed by atoms with Crippen LogP contribution in [-0.2, 0) is 0 Å². The van der Waals surface area contributed by atoms with Crippen molar-refractivity contribution in [2.24, 2.45) is 5.92 Å². The van der Waals surface area contributed by atoms with E-state index in [1.54, 1.807) is 12.1 Å². The minimum Gasteiger partial charge on any atom is -0.489 e. The fourth-order valence-electron chi connectivity index (χ4n) is 3.49. The van der Waals surface area contributed by atoms with Gasteiger partial charge in [0, 0.05) is 36.4 Å². The highest BCUT2D eigenvalue weighted by atomic mass is 35.5. The van der Waals surface area contributed by atoms with E-state index in [0.717, 1.165) is 31.1 Å². The van der Waals surface area contributed by atoms with Crippen molar-refractivity contribution in [3.63, 3.8) is 0 Å².